The van der Waals surface area contributed by atoms with Gasteiger partial charge in [0.25, 0.3) is 5.56 Å². The van der Waals surface area contributed by atoms with E-state index in [0.717, 1.165) is 16.6 Å². The van der Waals surface area contributed by atoms with Gasteiger partial charge < -0.3 is 9.55 Å². The number of fused-ring (bicyclic) bond motifs is 3. The van der Waals surface area contributed by atoms with Crippen molar-refractivity contribution in [3.05, 3.63) is 55.7 Å². The summed E-state index contributed by atoms with van der Waals surface area (Å²) in [5, 5.41) is 2.14. The predicted octanol–water partition coefficient (Wildman–Crippen LogP) is 2.34. The highest BCUT2D eigenvalue weighted by Crippen LogP contribution is 2.24. The highest BCUT2D eigenvalue weighted by atomic mass is 35.5. The number of hydrogen-bond acceptors (Lipinski definition) is 2. The van der Waals surface area contributed by atoms with Crippen molar-refractivity contribution in [1.82, 2.24) is 9.55 Å². The van der Waals surface area contributed by atoms with Crippen molar-refractivity contribution >= 4 is 33.3 Å². The smallest absolute Gasteiger partial charge is 0.258 e. The molecule has 0 saturated heterocycles. The van der Waals surface area contributed by atoms with Crippen molar-refractivity contribution < 1.29 is 0 Å². The van der Waals surface area contributed by atoms with Crippen molar-refractivity contribution in [2.24, 2.45) is 7.05 Å². The fourth-order valence-corrected chi connectivity index (χ4v) is 2.65. The molecule has 0 aliphatic carbocycles. The molecule has 2 heterocycles. The lowest BCUT2D eigenvalue weighted by molar-refractivity contribution is 0.907. The largest absolute Gasteiger partial charge is 0.364 e. The lowest BCUT2D eigenvalue weighted by Crippen LogP contribution is -2.19. The van der Waals surface area contributed by atoms with Crippen LogP contribution in [0.3, 0.4) is 0 Å². The molecule has 0 aliphatic rings. The van der Waals surface area contributed by atoms with Crippen LogP contribution in [0.15, 0.2) is 34.0 Å². The molecule has 4 nitrogen and oxygen atoms in total. The number of H-pyrrole nitrogens is 1. The van der Waals surface area contributed by atoms with Crippen LogP contribution in [-0.4, -0.2) is 9.55 Å². The van der Waals surface area contributed by atoms with Gasteiger partial charge in [-0.15, -0.1) is 0 Å². The number of rotatable bonds is 0. The van der Waals surface area contributed by atoms with Crippen molar-refractivity contribution in [2.45, 2.75) is 6.92 Å². The summed E-state index contributed by atoms with van der Waals surface area (Å²) in [5.41, 5.74) is 1.18. The lowest BCUT2D eigenvalue weighted by atomic mass is 10.1. The maximum atomic E-state index is 12.3. The normalized spacial score (nSPS) is 11.3. The minimum atomic E-state index is -0.329. The third-order valence-electron chi connectivity index (χ3n) is 3.39. The quantitative estimate of drug-likeness (QED) is 0.640. The van der Waals surface area contributed by atoms with Crippen LogP contribution >= 0.6 is 11.6 Å². The Balaban J connectivity index is 2.76. The van der Waals surface area contributed by atoms with E-state index in [1.807, 2.05) is 13.0 Å². The Kier molecular flexibility index (Phi) is 2.50. The van der Waals surface area contributed by atoms with E-state index < -0.39 is 0 Å². The molecule has 0 amide bonds. The van der Waals surface area contributed by atoms with Gasteiger partial charge in [-0.1, -0.05) is 11.6 Å². The third-order valence-corrected chi connectivity index (χ3v) is 3.69. The highest BCUT2D eigenvalue weighted by molar-refractivity contribution is 6.31. The molecule has 19 heavy (non-hydrogen) atoms. The zero-order valence-corrected chi connectivity index (χ0v) is 11.2. The second-order valence-electron chi connectivity index (χ2n) is 4.56. The van der Waals surface area contributed by atoms with Crippen LogP contribution in [0.4, 0.5) is 0 Å². The summed E-state index contributed by atoms with van der Waals surface area (Å²) in [5.74, 6) is 0. The molecule has 3 rings (SSSR count). The van der Waals surface area contributed by atoms with E-state index in [2.05, 4.69) is 4.98 Å². The number of aromatic amines is 1. The maximum Gasteiger partial charge on any atom is 0.258 e. The van der Waals surface area contributed by atoms with Crippen molar-refractivity contribution in [2.75, 3.05) is 0 Å². The number of benzene rings is 1. The molecule has 96 valence electrons. The maximum absolute atomic E-state index is 12.3. The first-order chi connectivity index (χ1) is 9.00. The summed E-state index contributed by atoms with van der Waals surface area (Å²) in [6, 6.07) is 4.76. The molecule has 0 spiro atoms. The van der Waals surface area contributed by atoms with Crippen LogP contribution in [-0.2, 0) is 7.05 Å². The number of nitrogens with one attached hydrogen (secondary N) is 1. The molecule has 2 aromatic heterocycles. The molecule has 0 fully saturated rings. The Bertz CT molecular complexity index is 938. The van der Waals surface area contributed by atoms with Crippen LogP contribution in [0.2, 0.25) is 5.02 Å². The molecule has 1 aromatic carbocycles. The molecular formula is C14H11ClN2O2. The molecular weight excluding hydrogens is 264 g/mol. The molecule has 0 aliphatic heterocycles. The Morgan fingerprint density at radius 2 is 1.89 bits per heavy atom. The first-order valence-electron chi connectivity index (χ1n) is 5.81. The molecule has 0 atom stereocenters. The summed E-state index contributed by atoms with van der Waals surface area (Å²) in [6.45, 7) is 1.90. The molecule has 1 N–H and O–H groups in total. The topological polar surface area (TPSA) is 54.9 Å². The van der Waals surface area contributed by atoms with Gasteiger partial charge in [0.05, 0.1) is 15.9 Å². The first kappa shape index (κ1) is 12.0. The van der Waals surface area contributed by atoms with E-state index in [0.29, 0.717) is 10.8 Å². The second-order valence-corrected chi connectivity index (χ2v) is 4.96. The fraction of sp³-hybridized carbons (Fsp3) is 0.143. The van der Waals surface area contributed by atoms with Gasteiger partial charge in [-0.05, 0) is 24.4 Å². The summed E-state index contributed by atoms with van der Waals surface area (Å²) >= 11 is 5.89. The monoisotopic (exact) mass is 274 g/mol. The zero-order chi connectivity index (χ0) is 13.7. The SMILES string of the molecule is Cc1[nH]ccc2c3cc(Cl)c(=O)cc3c(=O)n(C)c12. The number of halogens is 1. The highest BCUT2D eigenvalue weighted by Gasteiger charge is 2.12. The summed E-state index contributed by atoms with van der Waals surface area (Å²) in [6.07, 6.45) is 1.81. The van der Waals surface area contributed by atoms with Crippen molar-refractivity contribution in [3.8, 4) is 0 Å². The summed E-state index contributed by atoms with van der Waals surface area (Å²) in [7, 11) is 1.70. The second kappa shape index (κ2) is 3.96. The van der Waals surface area contributed by atoms with Gasteiger partial charge in [0.1, 0.15) is 0 Å². The Morgan fingerprint density at radius 3 is 2.63 bits per heavy atom. The van der Waals surface area contributed by atoms with E-state index in [-0.39, 0.29) is 16.0 Å². The van der Waals surface area contributed by atoms with Crippen LogP contribution in [0, 0.1) is 6.92 Å². The Morgan fingerprint density at radius 1 is 1.16 bits per heavy atom. The van der Waals surface area contributed by atoms with Crippen LogP contribution in [0.25, 0.3) is 21.7 Å². The van der Waals surface area contributed by atoms with Crippen molar-refractivity contribution in [3.63, 3.8) is 0 Å². The van der Waals surface area contributed by atoms with Gasteiger partial charge in [-0.3, -0.25) is 9.59 Å². The molecule has 5 heteroatoms. The van der Waals surface area contributed by atoms with Crippen LogP contribution in [0.5, 0.6) is 0 Å². The third kappa shape index (κ3) is 1.60. The minimum absolute atomic E-state index is 0.132. The van der Waals surface area contributed by atoms with E-state index in [9.17, 15) is 9.59 Å². The average molecular weight is 275 g/mol. The van der Waals surface area contributed by atoms with Gasteiger partial charge in [0.15, 0.2) is 5.43 Å². The van der Waals surface area contributed by atoms with E-state index in [1.165, 1.54) is 6.07 Å². The summed E-state index contributed by atoms with van der Waals surface area (Å²) in [4.78, 5) is 27.0. The van der Waals surface area contributed by atoms with Crippen molar-refractivity contribution in [1.29, 1.82) is 0 Å². The van der Waals surface area contributed by atoms with Gasteiger partial charge in [-0.2, -0.15) is 0 Å². The number of nitrogens with zero attached hydrogens (tertiary/aromatic N) is 1. The van der Waals surface area contributed by atoms with Crippen LogP contribution in [0.1, 0.15) is 5.69 Å². The van der Waals surface area contributed by atoms with Gasteiger partial charge in [0, 0.05) is 30.4 Å². The van der Waals surface area contributed by atoms with E-state index in [4.69, 9.17) is 11.6 Å². The molecule has 0 radical (unpaired) electrons. The number of hydrogen-bond donors (Lipinski definition) is 1. The lowest BCUT2D eigenvalue weighted by Gasteiger charge is -2.11. The zero-order valence-electron chi connectivity index (χ0n) is 10.5. The Hall–Kier alpha value is -2.07. The average Bonchev–Trinajstić information content (AvgIpc) is 2.38. The van der Waals surface area contributed by atoms with E-state index >= 15 is 0 Å². The molecule has 0 saturated carbocycles. The summed E-state index contributed by atoms with van der Waals surface area (Å²) < 4.78 is 1.55. The van der Waals surface area contributed by atoms with Crippen LogP contribution < -0.4 is 11.0 Å². The first-order valence-corrected chi connectivity index (χ1v) is 6.19. The fourth-order valence-electron chi connectivity index (χ4n) is 2.48. The number of aromatic nitrogens is 2. The predicted molar refractivity (Wildman–Crippen MR) is 77.1 cm³/mol. The molecule has 0 unspecified atom stereocenters. The number of pyridine rings is 2. The van der Waals surface area contributed by atoms with E-state index in [1.54, 1.807) is 23.9 Å². The minimum Gasteiger partial charge on any atom is -0.364 e. The standard InChI is InChI=1S/C14H11ClN2O2/c1-7-13-8(3-4-16-7)9-5-11(15)12(18)6-10(9)14(19)17(13)2/h3-6,16H,1-2H3. The number of aryl methyl sites for hydroxylation is 2. The van der Waals surface area contributed by atoms with Gasteiger partial charge in [0.2, 0.25) is 0 Å². The molecule has 3 aromatic rings. The van der Waals surface area contributed by atoms with Gasteiger partial charge in [-0.25, -0.2) is 0 Å². The Labute approximate surface area is 113 Å². The van der Waals surface area contributed by atoms with Gasteiger partial charge >= 0.3 is 0 Å². The molecule has 0 bridgehead atoms.